The number of carboxylic acid groups (broad SMARTS) is 1. The second kappa shape index (κ2) is 7.11. The Balaban J connectivity index is 2.12. The molecule has 1 aromatic carbocycles. The van der Waals surface area contributed by atoms with E-state index in [1.54, 1.807) is 25.1 Å². The minimum absolute atomic E-state index is 0.240. The summed E-state index contributed by atoms with van der Waals surface area (Å²) in [5.41, 5.74) is 0.836. The number of likely N-dealkylation sites (tertiary alicyclic amines) is 1. The highest BCUT2D eigenvalue weighted by Crippen LogP contribution is 2.38. The predicted molar refractivity (Wildman–Crippen MR) is 83.5 cm³/mol. The molecule has 0 bridgehead atoms. The Morgan fingerprint density at radius 2 is 2.00 bits per heavy atom. The first-order valence-electron chi connectivity index (χ1n) is 7.51. The minimum atomic E-state index is -4.69. The highest BCUT2D eigenvalue weighted by Gasteiger charge is 2.53. The van der Waals surface area contributed by atoms with Crippen LogP contribution < -0.4 is 4.74 Å². The molecule has 3 atom stereocenters. The molecule has 1 amide bonds. The second-order valence-electron chi connectivity index (χ2n) is 6.03. The molecule has 0 aliphatic carbocycles. The lowest BCUT2D eigenvalue weighted by Crippen LogP contribution is -2.40. The first-order chi connectivity index (χ1) is 11.5. The number of aliphatic carboxylic acids is 1. The molecule has 138 valence electrons. The van der Waals surface area contributed by atoms with E-state index in [1.165, 1.54) is 6.92 Å². The fraction of sp³-hybridized carbons (Fsp3) is 0.500. The molecule has 9 heteroatoms. The van der Waals surface area contributed by atoms with Crippen molar-refractivity contribution in [1.29, 1.82) is 0 Å². The molecule has 1 unspecified atom stereocenters. The standard InChI is InChI=1S/C16H17ClF3NO4/c1-8-3-4-12(17)13(5-8)25-9(2)14(22)21-6-10(15(23)24)11(7-21)16(18,19)20/h3-5,9-11H,6-7H2,1-2H3,(H,23,24)/t9?,10-,11-/m1/s1. The lowest BCUT2D eigenvalue weighted by molar-refractivity contribution is -0.188. The van der Waals surface area contributed by atoms with Gasteiger partial charge in [-0.1, -0.05) is 17.7 Å². The van der Waals surface area contributed by atoms with Crippen molar-refractivity contribution in [3.05, 3.63) is 28.8 Å². The summed E-state index contributed by atoms with van der Waals surface area (Å²) in [6, 6.07) is 4.93. The normalized spacial score (nSPS) is 21.9. The van der Waals surface area contributed by atoms with Crippen molar-refractivity contribution in [1.82, 2.24) is 4.90 Å². The summed E-state index contributed by atoms with van der Waals surface area (Å²) in [5.74, 6) is -5.82. The summed E-state index contributed by atoms with van der Waals surface area (Å²) < 4.78 is 44.5. The summed E-state index contributed by atoms with van der Waals surface area (Å²) >= 11 is 5.98. The zero-order chi connectivity index (χ0) is 18.9. The van der Waals surface area contributed by atoms with Gasteiger partial charge in [-0.25, -0.2) is 0 Å². The number of aryl methyl sites for hydroxylation is 1. The van der Waals surface area contributed by atoms with Gasteiger partial charge in [0, 0.05) is 13.1 Å². The van der Waals surface area contributed by atoms with Gasteiger partial charge in [-0.15, -0.1) is 0 Å². The van der Waals surface area contributed by atoms with Gasteiger partial charge in [0.15, 0.2) is 6.10 Å². The number of carbonyl (C=O) groups excluding carboxylic acids is 1. The second-order valence-corrected chi connectivity index (χ2v) is 6.44. The number of hydrogen-bond acceptors (Lipinski definition) is 3. The fourth-order valence-corrected chi connectivity index (χ4v) is 2.93. The average molecular weight is 380 g/mol. The van der Waals surface area contributed by atoms with Crippen molar-refractivity contribution < 1.29 is 32.6 Å². The summed E-state index contributed by atoms with van der Waals surface area (Å²) in [6.07, 6.45) is -5.79. The van der Waals surface area contributed by atoms with E-state index in [-0.39, 0.29) is 10.8 Å². The summed E-state index contributed by atoms with van der Waals surface area (Å²) in [6.45, 7) is 1.97. The van der Waals surface area contributed by atoms with Crippen LogP contribution in [-0.2, 0) is 9.59 Å². The van der Waals surface area contributed by atoms with E-state index in [2.05, 4.69) is 0 Å². The number of hydrogen-bond donors (Lipinski definition) is 1. The van der Waals surface area contributed by atoms with Crippen LogP contribution >= 0.6 is 11.6 Å². The molecular weight excluding hydrogens is 363 g/mol. The summed E-state index contributed by atoms with van der Waals surface area (Å²) in [5, 5.41) is 9.27. The third kappa shape index (κ3) is 4.36. The molecule has 1 fully saturated rings. The molecule has 5 nitrogen and oxygen atoms in total. The van der Waals surface area contributed by atoms with E-state index < -0.39 is 49.1 Å². The van der Waals surface area contributed by atoms with Gasteiger partial charge < -0.3 is 14.7 Å². The van der Waals surface area contributed by atoms with E-state index in [4.69, 9.17) is 21.4 Å². The fourth-order valence-electron chi connectivity index (χ4n) is 2.76. The molecule has 1 heterocycles. The minimum Gasteiger partial charge on any atom is -0.481 e. The van der Waals surface area contributed by atoms with Crippen LogP contribution in [-0.4, -0.2) is 47.3 Å². The van der Waals surface area contributed by atoms with Crippen molar-refractivity contribution in [3.63, 3.8) is 0 Å². The number of halogens is 4. The van der Waals surface area contributed by atoms with Crippen LogP contribution in [0.25, 0.3) is 0 Å². The highest BCUT2D eigenvalue weighted by atomic mass is 35.5. The number of amides is 1. The van der Waals surface area contributed by atoms with Crippen molar-refractivity contribution in [2.24, 2.45) is 11.8 Å². The van der Waals surface area contributed by atoms with Gasteiger partial charge in [-0.2, -0.15) is 13.2 Å². The van der Waals surface area contributed by atoms with Gasteiger partial charge in [-0.3, -0.25) is 9.59 Å². The molecule has 2 rings (SSSR count). The number of nitrogens with zero attached hydrogens (tertiary/aromatic N) is 1. The van der Waals surface area contributed by atoms with Gasteiger partial charge in [0.1, 0.15) is 5.75 Å². The quantitative estimate of drug-likeness (QED) is 0.872. The number of carbonyl (C=O) groups is 2. The molecule has 0 saturated carbocycles. The Labute approximate surface area is 147 Å². The van der Waals surface area contributed by atoms with E-state index in [9.17, 15) is 22.8 Å². The van der Waals surface area contributed by atoms with Crippen molar-refractivity contribution in [2.45, 2.75) is 26.1 Å². The Morgan fingerprint density at radius 1 is 1.36 bits per heavy atom. The van der Waals surface area contributed by atoms with Crippen LogP contribution in [0.15, 0.2) is 18.2 Å². The molecule has 0 radical (unpaired) electrons. The topological polar surface area (TPSA) is 66.8 Å². The predicted octanol–water partition coefficient (Wildman–Crippen LogP) is 3.14. The molecule has 0 aromatic heterocycles. The lowest BCUT2D eigenvalue weighted by atomic mass is 9.96. The third-order valence-electron chi connectivity index (χ3n) is 4.11. The van der Waals surface area contributed by atoms with Gasteiger partial charge in [-0.05, 0) is 31.5 Å². The molecule has 1 aliphatic heterocycles. The van der Waals surface area contributed by atoms with Crippen LogP contribution in [0, 0.1) is 18.8 Å². The maximum Gasteiger partial charge on any atom is 0.394 e. The lowest BCUT2D eigenvalue weighted by Gasteiger charge is -2.22. The first kappa shape index (κ1) is 19.4. The molecule has 1 saturated heterocycles. The van der Waals surface area contributed by atoms with Crippen LogP contribution in [0.4, 0.5) is 13.2 Å². The number of rotatable bonds is 4. The third-order valence-corrected chi connectivity index (χ3v) is 4.42. The van der Waals surface area contributed by atoms with Gasteiger partial charge in [0.2, 0.25) is 0 Å². The molecule has 1 aliphatic rings. The Kier molecular flexibility index (Phi) is 5.51. The summed E-state index contributed by atoms with van der Waals surface area (Å²) in [7, 11) is 0. The zero-order valence-corrected chi connectivity index (χ0v) is 14.3. The maximum absolute atomic E-state index is 13.0. The molecule has 1 aromatic rings. The number of benzene rings is 1. The van der Waals surface area contributed by atoms with Crippen LogP contribution in [0.1, 0.15) is 12.5 Å². The Hall–Kier alpha value is -1.96. The van der Waals surface area contributed by atoms with E-state index in [0.717, 1.165) is 10.5 Å². The molecule has 0 spiro atoms. The number of alkyl halides is 3. The van der Waals surface area contributed by atoms with E-state index in [0.29, 0.717) is 0 Å². The van der Waals surface area contributed by atoms with E-state index in [1.807, 2.05) is 0 Å². The van der Waals surface area contributed by atoms with Crippen LogP contribution in [0.3, 0.4) is 0 Å². The van der Waals surface area contributed by atoms with Crippen molar-refractivity contribution in [2.75, 3.05) is 13.1 Å². The Morgan fingerprint density at radius 3 is 2.52 bits per heavy atom. The smallest absolute Gasteiger partial charge is 0.394 e. The van der Waals surface area contributed by atoms with Crippen LogP contribution in [0.5, 0.6) is 5.75 Å². The van der Waals surface area contributed by atoms with Crippen molar-refractivity contribution >= 4 is 23.5 Å². The maximum atomic E-state index is 13.0. The molecule has 1 N–H and O–H groups in total. The average Bonchev–Trinajstić information content (AvgIpc) is 2.95. The van der Waals surface area contributed by atoms with E-state index >= 15 is 0 Å². The first-order valence-corrected chi connectivity index (χ1v) is 7.89. The van der Waals surface area contributed by atoms with Gasteiger partial charge >= 0.3 is 12.1 Å². The SMILES string of the molecule is Cc1ccc(Cl)c(OC(C)C(=O)N2C[C@@H](C(F)(F)F)[C@H](C(=O)O)C2)c1. The largest absolute Gasteiger partial charge is 0.481 e. The van der Waals surface area contributed by atoms with Gasteiger partial charge in [0.25, 0.3) is 5.91 Å². The molecule has 25 heavy (non-hydrogen) atoms. The monoisotopic (exact) mass is 379 g/mol. The highest BCUT2D eigenvalue weighted by molar-refractivity contribution is 6.32. The summed E-state index contributed by atoms with van der Waals surface area (Å²) in [4.78, 5) is 24.3. The van der Waals surface area contributed by atoms with Crippen molar-refractivity contribution in [3.8, 4) is 5.75 Å². The Bertz CT molecular complexity index is 680. The molecular formula is C16H17ClF3NO4. The number of ether oxygens (including phenoxy) is 1. The number of carboxylic acids is 1. The van der Waals surface area contributed by atoms with Gasteiger partial charge in [0.05, 0.1) is 16.9 Å². The zero-order valence-electron chi connectivity index (χ0n) is 13.5. The van der Waals surface area contributed by atoms with Crippen LogP contribution in [0.2, 0.25) is 5.02 Å².